The molecule has 0 saturated carbocycles. The number of anilines is 1. The van der Waals surface area contributed by atoms with Gasteiger partial charge in [-0.25, -0.2) is 0 Å². The first-order valence-electron chi connectivity index (χ1n) is 11.5. The normalized spacial score (nSPS) is 30.3. The summed E-state index contributed by atoms with van der Waals surface area (Å²) >= 11 is 0. The van der Waals surface area contributed by atoms with Crippen molar-refractivity contribution in [2.24, 2.45) is 17.8 Å². The highest BCUT2D eigenvalue weighted by molar-refractivity contribution is 5.94. The Morgan fingerprint density at radius 2 is 1.83 bits per heavy atom. The van der Waals surface area contributed by atoms with Gasteiger partial charge in [0.15, 0.2) is 0 Å². The summed E-state index contributed by atoms with van der Waals surface area (Å²) in [5, 5.41) is 3.20. The Hall–Kier alpha value is -1.59. The van der Waals surface area contributed by atoms with Crippen LogP contribution in [-0.4, -0.2) is 75.1 Å². The molecule has 1 aromatic rings. The smallest absolute Gasteiger partial charge is 0.251 e. The van der Waals surface area contributed by atoms with Crippen molar-refractivity contribution in [3.63, 3.8) is 0 Å². The molecule has 5 rings (SSSR count). The predicted octanol–water partition coefficient (Wildman–Crippen LogP) is 2.92. The van der Waals surface area contributed by atoms with E-state index < -0.39 is 0 Å². The monoisotopic (exact) mass is 398 g/mol. The van der Waals surface area contributed by atoms with Gasteiger partial charge < -0.3 is 15.1 Å². The molecule has 4 unspecified atom stereocenters. The molecule has 4 fully saturated rings. The van der Waals surface area contributed by atoms with Crippen molar-refractivity contribution in [3.05, 3.63) is 29.8 Å². The molecule has 1 N–H and O–H groups in total. The highest BCUT2D eigenvalue weighted by Crippen LogP contribution is 2.37. The molecule has 29 heavy (non-hydrogen) atoms. The largest absolute Gasteiger partial charge is 0.378 e. The van der Waals surface area contributed by atoms with Gasteiger partial charge in [-0.05, 0) is 87.3 Å². The van der Waals surface area contributed by atoms with E-state index in [1.165, 1.54) is 58.4 Å². The van der Waals surface area contributed by atoms with E-state index in [2.05, 4.69) is 26.9 Å². The summed E-state index contributed by atoms with van der Waals surface area (Å²) < 4.78 is 0. The zero-order chi connectivity index (χ0) is 20.4. The molecule has 1 aromatic carbocycles. The van der Waals surface area contributed by atoms with Crippen LogP contribution in [0.2, 0.25) is 0 Å². The minimum Gasteiger partial charge on any atom is -0.378 e. The lowest BCUT2D eigenvalue weighted by Crippen LogP contribution is -2.58. The Balaban J connectivity index is 1.25. The van der Waals surface area contributed by atoms with Gasteiger partial charge in [0.25, 0.3) is 5.91 Å². The van der Waals surface area contributed by atoms with E-state index >= 15 is 0 Å². The Labute approximate surface area is 176 Å². The van der Waals surface area contributed by atoms with Crippen molar-refractivity contribution < 1.29 is 4.79 Å². The summed E-state index contributed by atoms with van der Waals surface area (Å²) in [6, 6.07) is 8.37. The van der Waals surface area contributed by atoms with Crippen molar-refractivity contribution in [2.45, 2.75) is 38.6 Å². The number of nitrogens with zero attached hydrogens (tertiary/aromatic N) is 3. The summed E-state index contributed by atoms with van der Waals surface area (Å²) in [6.07, 6.45) is 5.32. The predicted molar refractivity (Wildman–Crippen MR) is 120 cm³/mol. The van der Waals surface area contributed by atoms with Crippen LogP contribution < -0.4 is 10.2 Å². The quantitative estimate of drug-likeness (QED) is 0.800. The van der Waals surface area contributed by atoms with E-state index in [1.807, 2.05) is 38.4 Å². The Kier molecular flexibility index (Phi) is 6.45. The van der Waals surface area contributed by atoms with Crippen LogP contribution in [0.5, 0.6) is 0 Å². The Morgan fingerprint density at radius 3 is 2.45 bits per heavy atom. The number of hydrogen-bond acceptors (Lipinski definition) is 4. The number of rotatable bonds is 6. The Morgan fingerprint density at radius 1 is 1.10 bits per heavy atom. The van der Waals surface area contributed by atoms with Gasteiger partial charge in [-0.3, -0.25) is 9.69 Å². The van der Waals surface area contributed by atoms with E-state index in [4.69, 9.17) is 0 Å². The number of nitrogens with one attached hydrogen (secondary N) is 1. The number of likely N-dealkylation sites (tertiary alicyclic amines) is 1. The van der Waals surface area contributed by atoms with E-state index in [0.29, 0.717) is 6.04 Å². The third kappa shape index (κ3) is 4.95. The zero-order valence-corrected chi connectivity index (χ0v) is 18.4. The third-order valence-electron chi connectivity index (χ3n) is 7.53. The van der Waals surface area contributed by atoms with Gasteiger partial charge in [0.1, 0.15) is 0 Å². The second-order valence-electron chi connectivity index (χ2n) is 9.83. The topological polar surface area (TPSA) is 38.8 Å². The number of benzene rings is 1. The van der Waals surface area contributed by atoms with Crippen molar-refractivity contribution in [1.82, 2.24) is 15.1 Å². The molecule has 4 heterocycles. The van der Waals surface area contributed by atoms with Crippen LogP contribution >= 0.6 is 0 Å². The lowest BCUT2D eigenvalue weighted by atomic mass is 9.75. The molecule has 2 bridgehead atoms. The number of fused-ring (bicyclic) bond motifs is 3. The van der Waals surface area contributed by atoms with Gasteiger partial charge in [0, 0.05) is 51.0 Å². The molecule has 0 aliphatic carbocycles. The van der Waals surface area contributed by atoms with Gasteiger partial charge in [-0.15, -0.1) is 0 Å². The summed E-state index contributed by atoms with van der Waals surface area (Å²) in [4.78, 5) is 20.0. The summed E-state index contributed by atoms with van der Waals surface area (Å²) in [5.41, 5.74) is 1.87. The molecule has 0 radical (unpaired) electrons. The second kappa shape index (κ2) is 9.05. The molecule has 0 spiro atoms. The van der Waals surface area contributed by atoms with Crippen LogP contribution in [-0.2, 0) is 0 Å². The van der Waals surface area contributed by atoms with Gasteiger partial charge >= 0.3 is 0 Å². The maximum absolute atomic E-state index is 12.6. The highest BCUT2D eigenvalue weighted by Gasteiger charge is 2.40. The highest BCUT2D eigenvalue weighted by atomic mass is 16.1. The van der Waals surface area contributed by atoms with Gasteiger partial charge in [-0.1, -0.05) is 6.92 Å². The third-order valence-corrected chi connectivity index (χ3v) is 7.53. The van der Waals surface area contributed by atoms with E-state index in [1.54, 1.807) is 0 Å². The zero-order valence-electron chi connectivity index (χ0n) is 18.4. The first-order valence-corrected chi connectivity index (χ1v) is 11.5. The summed E-state index contributed by atoms with van der Waals surface area (Å²) in [5.74, 6) is 2.62. The fourth-order valence-electron chi connectivity index (χ4n) is 5.47. The average Bonchev–Trinajstić information content (AvgIpc) is 2.74. The van der Waals surface area contributed by atoms with E-state index in [-0.39, 0.29) is 5.91 Å². The maximum atomic E-state index is 12.6. The number of hydrogen-bond donors (Lipinski definition) is 1. The van der Waals surface area contributed by atoms with Crippen LogP contribution in [0.1, 0.15) is 43.0 Å². The van der Waals surface area contributed by atoms with Crippen LogP contribution in [0.15, 0.2) is 24.3 Å². The van der Waals surface area contributed by atoms with Gasteiger partial charge in [0.2, 0.25) is 0 Å². The Bertz CT molecular complexity index is 681. The lowest BCUT2D eigenvalue weighted by Gasteiger charge is -2.51. The maximum Gasteiger partial charge on any atom is 0.251 e. The second-order valence-corrected chi connectivity index (χ2v) is 9.83. The fourth-order valence-corrected chi connectivity index (χ4v) is 5.47. The molecule has 5 heteroatoms. The standard InChI is InChI=1S/C24H38N4O/c1-18-8-11-27(12-9-18)16-21-17-28-13-10-20(21)14-23(28)15-25-24(29)19-4-6-22(7-5-19)26(2)3/h4-7,18,20-21,23H,8-17H2,1-3H3,(H,25,29). The molecular formula is C24H38N4O. The molecule has 4 atom stereocenters. The van der Waals surface area contributed by atoms with Crippen molar-refractivity contribution >= 4 is 11.6 Å². The van der Waals surface area contributed by atoms with Crippen molar-refractivity contribution in [2.75, 3.05) is 58.3 Å². The van der Waals surface area contributed by atoms with Crippen LogP contribution in [0, 0.1) is 17.8 Å². The fraction of sp³-hybridized carbons (Fsp3) is 0.708. The summed E-state index contributed by atoms with van der Waals surface area (Å²) in [7, 11) is 4.03. The number of amides is 1. The van der Waals surface area contributed by atoms with Crippen LogP contribution in [0.3, 0.4) is 0 Å². The number of carbonyl (C=O) groups is 1. The molecule has 5 nitrogen and oxygen atoms in total. The minimum atomic E-state index is 0.0527. The lowest BCUT2D eigenvalue weighted by molar-refractivity contribution is -0.0148. The molecule has 0 aromatic heterocycles. The van der Waals surface area contributed by atoms with Gasteiger partial charge in [-0.2, -0.15) is 0 Å². The van der Waals surface area contributed by atoms with Crippen LogP contribution in [0.4, 0.5) is 5.69 Å². The molecule has 4 aliphatic rings. The van der Waals surface area contributed by atoms with E-state index in [0.717, 1.165) is 35.5 Å². The van der Waals surface area contributed by atoms with Crippen LogP contribution in [0.25, 0.3) is 0 Å². The minimum absolute atomic E-state index is 0.0527. The number of carbonyl (C=O) groups excluding carboxylic acids is 1. The number of piperidine rings is 4. The van der Waals surface area contributed by atoms with Gasteiger partial charge in [0.05, 0.1) is 0 Å². The first kappa shape index (κ1) is 20.7. The van der Waals surface area contributed by atoms with E-state index in [9.17, 15) is 4.79 Å². The molecule has 4 saturated heterocycles. The molecule has 4 aliphatic heterocycles. The summed E-state index contributed by atoms with van der Waals surface area (Å²) in [6.45, 7) is 9.45. The van der Waals surface area contributed by atoms with Crippen molar-refractivity contribution in [3.8, 4) is 0 Å². The van der Waals surface area contributed by atoms with Crippen molar-refractivity contribution in [1.29, 1.82) is 0 Å². The average molecular weight is 399 g/mol. The molecule has 160 valence electrons. The SMILES string of the molecule is CC1CCN(CC2CN3CCC2CC3CNC(=O)c2ccc(N(C)C)cc2)CC1. The molecule has 1 amide bonds. The molecular weight excluding hydrogens is 360 g/mol. The first-order chi connectivity index (χ1) is 14.0.